The van der Waals surface area contributed by atoms with E-state index in [0.717, 1.165) is 10.0 Å². The van der Waals surface area contributed by atoms with Gasteiger partial charge in [0.1, 0.15) is 5.75 Å². The fourth-order valence-electron chi connectivity index (χ4n) is 2.00. The SMILES string of the molecule is O=[S@@](Cc1noc(Cc2ccc(Br)cc2)n1)c1ccc(O)cc1. The molecule has 5 nitrogen and oxygen atoms in total. The van der Waals surface area contributed by atoms with Gasteiger partial charge >= 0.3 is 0 Å². The molecular formula is C16H13BrN2O3S. The minimum Gasteiger partial charge on any atom is -0.508 e. The maximum Gasteiger partial charge on any atom is 0.231 e. The highest BCUT2D eigenvalue weighted by Crippen LogP contribution is 2.16. The van der Waals surface area contributed by atoms with Crippen LogP contribution in [0.5, 0.6) is 5.75 Å². The van der Waals surface area contributed by atoms with Gasteiger partial charge in [-0.2, -0.15) is 4.98 Å². The molecule has 1 atom stereocenters. The zero-order valence-corrected chi connectivity index (χ0v) is 14.4. The number of benzene rings is 2. The number of halogens is 1. The van der Waals surface area contributed by atoms with Gasteiger partial charge in [0.25, 0.3) is 0 Å². The first-order chi connectivity index (χ1) is 11.1. The molecule has 0 spiro atoms. The van der Waals surface area contributed by atoms with Gasteiger partial charge < -0.3 is 9.63 Å². The number of hydrogen-bond acceptors (Lipinski definition) is 5. The minimum atomic E-state index is -1.28. The Labute approximate surface area is 143 Å². The highest BCUT2D eigenvalue weighted by Gasteiger charge is 2.12. The van der Waals surface area contributed by atoms with Crippen molar-refractivity contribution in [2.45, 2.75) is 17.1 Å². The van der Waals surface area contributed by atoms with Gasteiger partial charge in [-0.1, -0.05) is 33.2 Å². The Hall–Kier alpha value is -1.99. The first kappa shape index (κ1) is 15.9. The Balaban J connectivity index is 1.66. The Morgan fingerprint density at radius 1 is 1.09 bits per heavy atom. The standard InChI is InChI=1S/C16H13BrN2O3S/c17-12-3-1-11(2-4-12)9-16-18-15(19-22-16)10-23(21)14-7-5-13(20)6-8-14/h1-8,20H,9-10H2/t23-/m0/s1. The van der Waals surface area contributed by atoms with Gasteiger partial charge in [-0.15, -0.1) is 0 Å². The molecule has 0 aliphatic rings. The molecule has 0 amide bonds. The van der Waals surface area contributed by atoms with Crippen LogP contribution in [0.3, 0.4) is 0 Å². The number of phenolic OH excluding ortho intramolecular Hbond substituents is 1. The van der Waals surface area contributed by atoms with E-state index in [4.69, 9.17) is 4.52 Å². The van der Waals surface area contributed by atoms with Gasteiger partial charge in [0.05, 0.1) is 23.0 Å². The maximum atomic E-state index is 12.2. The van der Waals surface area contributed by atoms with Gasteiger partial charge in [-0.25, -0.2) is 0 Å². The Morgan fingerprint density at radius 2 is 1.78 bits per heavy atom. The lowest BCUT2D eigenvalue weighted by Gasteiger charge is -1.99. The molecule has 0 saturated carbocycles. The zero-order valence-electron chi connectivity index (χ0n) is 12.0. The lowest BCUT2D eigenvalue weighted by atomic mass is 10.1. The lowest BCUT2D eigenvalue weighted by molar-refractivity contribution is 0.381. The van der Waals surface area contributed by atoms with Crippen molar-refractivity contribution in [1.82, 2.24) is 10.1 Å². The van der Waals surface area contributed by atoms with Crippen LogP contribution >= 0.6 is 15.9 Å². The molecule has 7 heteroatoms. The van der Waals surface area contributed by atoms with Gasteiger partial charge in [0, 0.05) is 9.37 Å². The van der Waals surface area contributed by atoms with Crippen LogP contribution in [0.15, 0.2) is 62.4 Å². The Kier molecular flexibility index (Phi) is 4.88. The van der Waals surface area contributed by atoms with E-state index in [9.17, 15) is 9.32 Å². The predicted octanol–water partition coefficient (Wildman–Crippen LogP) is 3.44. The summed E-state index contributed by atoms with van der Waals surface area (Å²) < 4.78 is 18.5. The van der Waals surface area contributed by atoms with Crippen LogP contribution in [-0.2, 0) is 23.0 Å². The van der Waals surface area contributed by atoms with Crippen LogP contribution in [0.2, 0.25) is 0 Å². The largest absolute Gasteiger partial charge is 0.508 e. The topological polar surface area (TPSA) is 76.2 Å². The first-order valence-electron chi connectivity index (χ1n) is 6.83. The van der Waals surface area contributed by atoms with E-state index in [1.165, 1.54) is 12.1 Å². The van der Waals surface area contributed by atoms with Crippen LogP contribution in [0, 0.1) is 0 Å². The summed E-state index contributed by atoms with van der Waals surface area (Å²) in [7, 11) is -1.28. The maximum absolute atomic E-state index is 12.2. The van der Waals surface area contributed by atoms with Gasteiger partial charge in [0.15, 0.2) is 5.82 Å². The Bertz CT molecular complexity index is 816. The smallest absolute Gasteiger partial charge is 0.231 e. The second kappa shape index (κ2) is 7.06. The number of phenols is 1. The van der Waals surface area contributed by atoms with E-state index in [0.29, 0.717) is 23.0 Å². The summed E-state index contributed by atoms with van der Waals surface area (Å²) in [5.41, 5.74) is 1.06. The molecule has 0 aliphatic heterocycles. The number of nitrogens with zero attached hydrogens (tertiary/aromatic N) is 2. The Morgan fingerprint density at radius 3 is 2.48 bits per heavy atom. The molecule has 0 unspecified atom stereocenters. The molecule has 0 radical (unpaired) electrons. The van der Waals surface area contributed by atoms with Gasteiger partial charge in [-0.05, 0) is 42.0 Å². The van der Waals surface area contributed by atoms with Crippen LogP contribution in [0.1, 0.15) is 17.3 Å². The van der Waals surface area contributed by atoms with Crippen LogP contribution < -0.4 is 0 Å². The highest BCUT2D eigenvalue weighted by atomic mass is 79.9. The van der Waals surface area contributed by atoms with Crippen molar-refractivity contribution in [2.75, 3.05) is 0 Å². The summed E-state index contributed by atoms with van der Waals surface area (Å²) in [6, 6.07) is 14.1. The monoisotopic (exact) mass is 392 g/mol. The summed E-state index contributed by atoms with van der Waals surface area (Å²) >= 11 is 3.39. The third-order valence-corrected chi connectivity index (χ3v) is 4.99. The fraction of sp³-hybridized carbons (Fsp3) is 0.125. The number of rotatable bonds is 5. The molecule has 23 heavy (non-hydrogen) atoms. The zero-order chi connectivity index (χ0) is 16.2. The van der Waals surface area contributed by atoms with E-state index in [-0.39, 0.29) is 11.5 Å². The molecule has 118 valence electrons. The van der Waals surface area contributed by atoms with Gasteiger partial charge in [0.2, 0.25) is 5.89 Å². The molecule has 1 heterocycles. The van der Waals surface area contributed by atoms with E-state index in [2.05, 4.69) is 26.1 Å². The summed E-state index contributed by atoms with van der Waals surface area (Å²) in [6.45, 7) is 0. The van der Waals surface area contributed by atoms with Crippen molar-refractivity contribution in [1.29, 1.82) is 0 Å². The van der Waals surface area contributed by atoms with Crippen molar-refractivity contribution in [3.63, 3.8) is 0 Å². The molecule has 0 bridgehead atoms. The second-order valence-electron chi connectivity index (χ2n) is 4.89. The third-order valence-electron chi connectivity index (χ3n) is 3.14. The molecule has 3 rings (SSSR count). The first-order valence-corrected chi connectivity index (χ1v) is 8.94. The second-order valence-corrected chi connectivity index (χ2v) is 7.26. The molecule has 0 fully saturated rings. The molecule has 1 aromatic heterocycles. The average molecular weight is 393 g/mol. The molecular weight excluding hydrogens is 380 g/mol. The predicted molar refractivity (Wildman–Crippen MR) is 89.5 cm³/mol. The van der Waals surface area contributed by atoms with Crippen LogP contribution in [-0.4, -0.2) is 19.5 Å². The number of aromatic nitrogens is 2. The van der Waals surface area contributed by atoms with Crippen molar-refractivity contribution >= 4 is 26.7 Å². The lowest BCUT2D eigenvalue weighted by Crippen LogP contribution is -1.98. The molecule has 0 aliphatic carbocycles. The van der Waals surface area contributed by atoms with E-state index < -0.39 is 10.8 Å². The average Bonchev–Trinajstić information content (AvgIpc) is 2.97. The summed E-state index contributed by atoms with van der Waals surface area (Å²) in [6.07, 6.45) is 0.534. The normalized spacial score (nSPS) is 12.2. The van der Waals surface area contributed by atoms with Crippen molar-refractivity contribution < 1.29 is 13.8 Å². The van der Waals surface area contributed by atoms with E-state index >= 15 is 0 Å². The van der Waals surface area contributed by atoms with Crippen molar-refractivity contribution in [3.05, 3.63) is 70.3 Å². The minimum absolute atomic E-state index is 0.141. The number of hydrogen-bond donors (Lipinski definition) is 1. The summed E-state index contributed by atoms with van der Waals surface area (Å²) in [4.78, 5) is 4.89. The summed E-state index contributed by atoms with van der Waals surface area (Å²) in [5.74, 6) is 1.21. The fourth-order valence-corrected chi connectivity index (χ4v) is 3.22. The molecule has 1 N–H and O–H groups in total. The van der Waals surface area contributed by atoms with Gasteiger partial charge in [-0.3, -0.25) is 4.21 Å². The van der Waals surface area contributed by atoms with Crippen molar-refractivity contribution in [2.24, 2.45) is 0 Å². The highest BCUT2D eigenvalue weighted by molar-refractivity contribution is 9.10. The molecule has 0 saturated heterocycles. The quantitative estimate of drug-likeness (QED) is 0.719. The summed E-state index contributed by atoms with van der Waals surface area (Å²) in [5, 5.41) is 13.1. The van der Waals surface area contributed by atoms with Crippen LogP contribution in [0.4, 0.5) is 0 Å². The molecule has 3 aromatic rings. The van der Waals surface area contributed by atoms with E-state index in [1.807, 2.05) is 24.3 Å². The van der Waals surface area contributed by atoms with Crippen LogP contribution in [0.25, 0.3) is 0 Å². The van der Waals surface area contributed by atoms with E-state index in [1.54, 1.807) is 12.1 Å². The molecule has 2 aromatic carbocycles. The number of aromatic hydroxyl groups is 1. The third kappa shape index (κ3) is 4.27. The van der Waals surface area contributed by atoms with Crippen molar-refractivity contribution in [3.8, 4) is 5.75 Å².